The molecule has 1 fully saturated rings. The van der Waals surface area contributed by atoms with E-state index in [2.05, 4.69) is 17.6 Å². The molecule has 0 saturated carbocycles. The van der Waals surface area contributed by atoms with Gasteiger partial charge < -0.3 is 10.6 Å². The quantitative estimate of drug-likeness (QED) is 0.682. The average Bonchev–Trinajstić information content (AvgIpc) is 1.63. The molecule has 1 aliphatic heterocycles. The summed E-state index contributed by atoms with van der Waals surface area (Å²) in [5.41, 5.74) is 0. The van der Waals surface area contributed by atoms with Crippen molar-refractivity contribution in [3.05, 3.63) is 0 Å². The minimum atomic E-state index is 0. The highest BCUT2D eigenvalue weighted by Gasteiger charge is 2.13. The highest BCUT2D eigenvalue weighted by Crippen LogP contribution is 1.89. The number of hydrogen-bond acceptors (Lipinski definition) is 2. The van der Waals surface area contributed by atoms with Gasteiger partial charge in [-0.1, -0.05) is 6.92 Å². The van der Waals surface area contributed by atoms with Crippen molar-refractivity contribution in [2.75, 3.05) is 19.6 Å². The number of rotatable bonds is 3. The molecule has 0 bridgehead atoms. The van der Waals surface area contributed by atoms with Crippen LogP contribution in [0, 0.1) is 0 Å². The Morgan fingerprint density at radius 1 is 1.40 bits per heavy atom. The second kappa shape index (κ2) is 7.61. The molecule has 0 spiro atoms. The Kier molecular flexibility index (Phi) is 9.97. The van der Waals surface area contributed by atoms with Crippen LogP contribution in [0.5, 0.6) is 0 Å². The van der Waals surface area contributed by atoms with Crippen LogP contribution in [0.25, 0.3) is 0 Å². The van der Waals surface area contributed by atoms with E-state index in [0.29, 0.717) is 0 Å². The fraction of sp³-hybridized carbons (Fsp3) is 1.00. The molecule has 2 N–H and O–H groups in total. The molecule has 2 nitrogen and oxygen atoms in total. The van der Waals surface area contributed by atoms with Gasteiger partial charge in [0.1, 0.15) is 0 Å². The lowest BCUT2D eigenvalue weighted by atomic mass is 10.2. The van der Waals surface area contributed by atoms with E-state index in [0.717, 1.165) is 6.04 Å². The number of halogens is 2. The van der Waals surface area contributed by atoms with Gasteiger partial charge in [0.2, 0.25) is 0 Å². The minimum Gasteiger partial charge on any atom is -0.314 e. The maximum absolute atomic E-state index is 3.41. The summed E-state index contributed by atoms with van der Waals surface area (Å²) in [6.07, 6.45) is 1.25. The number of hydrogen-bond donors (Lipinski definition) is 2. The second-order valence-electron chi connectivity index (χ2n) is 2.31. The van der Waals surface area contributed by atoms with Gasteiger partial charge in [0.05, 0.1) is 0 Å². The molecule has 1 saturated heterocycles. The fourth-order valence-electron chi connectivity index (χ4n) is 0.781. The molecule has 0 atom stereocenters. The lowest BCUT2D eigenvalue weighted by Gasteiger charge is -2.27. The Morgan fingerprint density at radius 2 is 2.00 bits per heavy atom. The standard InChI is InChI=1S/C6H14N2.2ClH/c1-2-3-8-6-4-7-5-6;;/h6-8H,2-5H2,1H3;2*1H. The van der Waals surface area contributed by atoms with Gasteiger partial charge in [0.25, 0.3) is 0 Å². The van der Waals surface area contributed by atoms with Crippen LogP contribution in [-0.2, 0) is 0 Å². The molecule has 4 heteroatoms. The highest BCUT2D eigenvalue weighted by atomic mass is 35.5. The Morgan fingerprint density at radius 3 is 2.30 bits per heavy atom. The summed E-state index contributed by atoms with van der Waals surface area (Å²) in [6, 6.07) is 0.773. The van der Waals surface area contributed by atoms with E-state index in [4.69, 9.17) is 0 Å². The third-order valence-corrected chi connectivity index (χ3v) is 1.46. The van der Waals surface area contributed by atoms with Crippen LogP contribution in [0.2, 0.25) is 0 Å². The van der Waals surface area contributed by atoms with Gasteiger partial charge in [-0.15, -0.1) is 24.8 Å². The smallest absolute Gasteiger partial charge is 0.0317 e. The molecule has 1 rings (SSSR count). The molecule has 64 valence electrons. The monoisotopic (exact) mass is 186 g/mol. The fourth-order valence-corrected chi connectivity index (χ4v) is 0.781. The van der Waals surface area contributed by atoms with Crippen LogP contribution < -0.4 is 10.6 Å². The molecule has 10 heavy (non-hydrogen) atoms. The Hall–Kier alpha value is 0.500. The second-order valence-corrected chi connectivity index (χ2v) is 2.31. The third kappa shape index (κ3) is 4.34. The van der Waals surface area contributed by atoms with E-state index in [1.165, 1.54) is 26.1 Å². The molecule has 0 amide bonds. The van der Waals surface area contributed by atoms with Gasteiger partial charge in [-0.3, -0.25) is 0 Å². The van der Waals surface area contributed by atoms with Gasteiger partial charge in [0.15, 0.2) is 0 Å². The zero-order chi connectivity index (χ0) is 5.82. The molecule has 0 aromatic rings. The van der Waals surface area contributed by atoms with Crippen molar-refractivity contribution in [2.45, 2.75) is 19.4 Å². The Bertz CT molecular complexity index is 66.8. The molecule has 0 aromatic carbocycles. The van der Waals surface area contributed by atoms with E-state index >= 15 is 0 Å². The molecular formula is C6H16Cl2N2. The average molecular weight is 187 g/mol. The van der Waals surface area contributed by atoms with E-state index in [9.17, 15) is 0 Å². The predicted molar refractivity (Wildman–Crippen MR) is 49.4 cm³/mol. The van der Waals surface area contributed by atoms with Crippen LogP contribution in [-0.4, -0.2) is 25.7 Å². The molecule has 0 radical (unpaired) electrons. The summed E-state index contributed by atoms with van der Waals surface area (Å²) in [5.74, 6) is 0. The third-order valence-electron chi connectivity index (χ3n) is 1.46. The summed E-state index contributed by atoms with van der Waals surface area (Å²) >= 11 is 0. The van der Waals surface area contributed by atoms with Crippen molar-refractivity contribution in [1.29, 1.82) is 0 Å². The van der Waals surface area contributed by atoms with E-state index in [-0.39, 0.29) is 24.8 Å². The molecule has 0 unspecified atom stereocenters. The van der Waals surface area contributed by atoms with Gasteiger partial charge in [-0.05, 0) is 13.0 Å². The first-order valence-electron chi connectivity index (χ1n) is 3.37. The topological polar surface area (TPSA) is 24.1 Å². The van der Waals surface area contributed by atoms with Crippen molar-refractivity contribution in [3.8, 4) is 0 Å². The van der Waals surface area contributed by atoms with Crippen LogP contribution in [0.3, 0.4) is 0 Å². The van der Waals surface area contributed by atoms with Crippen molar-refractivity contribution >= 4 is 24.8 Å². The first kappa shape index (κ1) is 13.1. The first-order chi connectivity index (χ1) is 3.93. The normalized spacial score (nSPS) is 16.5. The Balaban J connectivity index is 0. The van der Waals surface area contributed by atoms with E-state index < -0.39 is 0 Å². The summed E-state index contributed by atoms with van der Waals surface area (Å²) in [7, 11) is 0. The first-order valence-corrected chi connectivity index (χ1v) is 3.37. The van der Waals surface area contributed by atoms with Crippen molar-refractivity contribution in [1.82, 2.24) is 10.6 Å². The highest BCUT2D eigenvalue weighted by molar-refractivity contribution is 5.85. The van der Waals surface area contributed by atoms with Gasteiger partial charge in [0, 0.05) is 19.1 Å². The van der Waals surface area contributed by atoms with Gasteiger partial charge in [-0.2, -0.15) is 0 Å². The molecule has 1 heterocycles. The van der Waals surface area contributed by atoms with Crippen LogP contribution in [0.15, 0.2) is 0 Å². The summed E-state index contributed by atoms with van der Waals surface area (Å²) in [6.45, 7) is 5.70. The van der Waals surface area contributed by atoms with Crippen molar-refractivity contribution in [3.63, 3.8) is 0 Å². The maximum Gasteiger partial charge on any atom is 0.0317 e. The molecule has 0 aliphatic carbocycles. The van der Waals surface area contributed by atoms with Crippen LogP contribution >= 0.6 is 24.8 Å². The minimum absolute atomic E-state index is 0. The van der Waals surface area contributed by atoms with Gasteiger partial charge >= 0.3 is 0 Å². The summed E-state index contributed by atoms with van der Waals surface area (Å²) in [4.78, 5) is 0. The largest absolute Gasteiger partial charge is 0.314 e. The zero-order valence-corrected chi connectivity index (χ0v) is 7.86. The lowest BCUT2D eigenvalue weighted by molar-refractivity contribution is 0.367. The van der Waals surface area contributed by atoms with Crippen molar-refractivity contribution in [2.24, 2.45) is 0 Å². The molecule has 0 aromatic heterocycles. The number of nitrogens with one attached hydrogen (secondary N) is 2. The summed E-state index contributed by atoms with van der Waals surface area (Å²) < 4.78 is 0. The maximum atomic E-state index is 3.41. The van der Waals surface area contributed by atoms with Crippen molar-refractivity contribution < 1.29 is 0 Å². The van der Waals surface area contributed by atoms with Gasteiger partial charge in [-0.25, -0.2) is 0 Å². The SMILES string of the molecule is CCCNC1CNC1.Cl.Cl. The van der Waals surface area contributed by atoms with Crippen LogP contribution in [0.4, 0.5) is 0 Å². The summed E-state index contributed by atoms with van der Waals surface area (Å²) in [5, 5.41) is 6.61. The molecular weight excluding hydrogens is 171 g/mol. The molecule has 1 aliphatic rings. The predicted octanol–water partition coefficient (Wildman–Crippen LogP) is 0.801. The van der Waals surface area contributed by atoms with E-state index in [1.807, 2.05) is 0 Å². The zero-order valence-electron chi connectivity index (χ0n) is 6.22. The lowest BCUT2D eigenvalue weighted by Crippen LogP contribution is -2.55. The van der Waals surface area contributed by atoms with E-state index in [1.54, 1.807) is 0 Å². The Labute approximate surface area is 75.0 Å². The van der Waals surface area contributed by atoms with Crippen LogP contribution in [0.1, 0.15) is 13.3 Å².